The fraction of sp³-hybridized carbons (Fsp3) is 0.432. The van der Waals surface area contributed by atoms with Crippen LogP contribution in [0.1, 0.15) is 60.9 Å². The van der Waals surface area contributed by atoms with Gasteiger partial charge in [-0.3, -0.25) is 0 Å². The monoisotopic (exact) mass is 805 g/mol. The number of hydrogen-bond acceptors (Lipinski definition) is 14. The van der Waals surface area contributed by atoms with Crippen molar-refractivity contribution in [3.05, 3.63) is 82.2 Å². The van der Waals surface area contributed by atoms with Crippen molar-refractivity contribution in [2.24, 2.45) is 0 Å². The third-order valence-electron chi connectivity index (χ3n) is 9.20. The van der Waals surface area contributed by atoms with Crippen LogP contribution in [0, 0.1) is 0 Å². The zero-order chi connectivity index (χ0) is 41.7. The minimum absolute atomic E-state index is 0.237. The van der Waals surface area contributed by atoms with Crippen LogP contribution in [0.25, 0.3) is 17.0 Å². The molecule has 0 saturated carbocycles. The van der Waals surface area contributed by atoms with Crippen molar-refractivity contribution in [2.45, 2.75) is 44.9 Å². The minimum atomic E-state index is -0.481. The zero-order valence-electron chi connectivity index (χ0n) is 34.3. The second-order valence-corrected chi connectivity index (χ2v) is 13.1. The van der Waals surface area contributed by atoms with E-state index < -0.39 is 17.6 Å². The molecule has 0 N–H and O–H groups in total. The third-order valence-corrected chi connectivity index (χ3v) is 9.20. The lowest BCUT2D eigenvalue weighted by Crippen LogP contribution is -2.29. The number of unbranched alkanes of at least 4 members (excludes halogenated alkanes) is 4. The van der Waals surface area contributed by atoms with Gasteiger partial charge in [0.25, 0.3) is 0 Å². The summed E-state index contributed by atoms with van der Waals surface area (Å²) < 4.78 is 54.5. The van der Waals surface area contributed by atoms with E-state index in [2.05, 4.69) is 4.90 Å². The van der Waals surface area contributed by atoms with Crippen LogP contribution < -0.4 is 38.8 Å². The average molecular weight is 806 g/mol. The fourth-order valence-corrected chi connectivity index (χ4v) is 6.23. The molecule has 0 aliphatic carbocycles. The Kier molecular flexibility index (Phi) is 18.6. The summed E-state index contributed by atoms with van der Waals surface area (Å²) in [6.07, 6.45) is 9.13. The summed E-state index contributed by atoms with van der Waals surface area (Å²) >= 11 is 0. The molecule has 14 heteroatoms. The van der Waals surface area contributed by atoms with E-state index in [1.54, 1.807) is 42.5 Å². The molecule has 0 bridgehead atoms. The van der Waals surface area contributed by atoms with Crippen LogP contribution in [0.4, 0.5) is 0 Å². The SMILES string of the molecule is COc1cc(/C=C/C(=O)OCCCCCCCN(CCCOC(=O)c2cc(OC)c(OC)c(OC)c2)CCCOc2ccc3ccc(=O)oc3c2)cc(OC)c1OC. The summed E-state index contributed by atoms with van der Waals surface area (Å²) in [5, 5.41) is 0.825. The molecule has 0 unspecified atom stereocenters. The van der Waals surface area contributed by atoms with Gasteiger partial charge in [0.2, 0.25) is 11.5 Å². The second-order valence-electron chi connectivity index (χ2n) is 13.1. The molecule has 0 radical (unpaired) electrons. The molecule has 4 aromatic rings. The van der Waals surface area contributed by atoms with E-state index in [-0.39, 0.29) is 6.61 Å². The molecule has 0 amide bonds. The second kappa shape index (κ2) is 24.0. The van der Waals surface area contributed by atoms with Gasteiger partial charge in [-0.25, -0.2) is 14.4 Å². The van der Waals surface area contributed by atoms with E-state index in [4.69, 9.17) is 47.0 Å². The van der Waals surface area contributed by atoms with Gasteiger partial charge in [-0.05, 0) is 86.3 Å². The Bertz CT molecular complexity index is 1960. The Morgan fingerprint density at radius 1 is 0.603 bits per heavy atom. The summed E-state index contributed by atoms with van der Waals surface area (Å²) in [7, 11) is 9.09. The normalized spacial score (nSPS) is 11.1. The predicted octanol–water partition coefficient (Wildman–Crippen LogP) is 7.37. The molecule has 4 rings (SSSR count). The largest absolute Gasteiger partial charge is 0.493 e. The highest BCUT2D eigenvalue weighted by atomic mass is 16.5. The van der Waals surface area contributed by atoms with Crippen molar-refractivity contribution in [3.63, 3.8) is 0 Å². The lowest BCUT2D eigenvalue weighted by atomic mass is 10.1. The van der Waals surface area contributed by atoms with Crippen molar-refractivity contribution in [2.75, 3.05) is 82.1 Å². The Hall–Kier alpha value is -5.89. The first kappa shape index (κ1) is 44.8. The molecule has 314 valence electrons. The average Bonchev–Trinajstić information content (AvgIpc) is 3.24. The molecule has 14 nitrogen and oxygen atoms in total. The van der Waals surface area contributed by atoms with Crippen LogP contribution >= 0.6 is 0 Å². The number of benzene rings is 3. The molecule has 58 heavy (non-hydrogen) atoms. The highest BCUT2D eigenvalue weighted by molar-refractivity contribution is 5.91. The van der Waals surface area contributed by atoms with Crippen LogP contribution in [-0.2, 0) is 14.3 Å². The van der Waals surface area contributed by atoms with Crippen LogP contribution in [0.3, 0.4) is 0 Å². The maximum Gasteiger partial charge on any atom is 0.338 e. The van der Waals surface area contributed by atoms with E-state index >= 15 is 0 Å². The standard InChI is InChI=1S/C44H55NO13/c1-49-36-26-31(27-37(50-2)42(36)53-5)14-18-40(46)56-23-11-9-7-8-10-20-45(21-12-24-55-34-17-15-32-16-19-41(47)58-35(32)30-34)22-13-25-57-44(48)33-28-38(51-3)43(54-6)39(29-33)52-4/h14-19,26-30H,7-13,20-25H2,1-6H3/b18-14+. The van der Waals surface area contributed by atoms with Crippen LogP contribution in [0.2, 0.25) is 0 Å². The molecule has 0 spiro atoms. The smallest absolute Gasteiger partial charge is 0.338 e. The van der Waals surface area contributed by atoms with Gasteiger partial charge in [-0.2, -0.15) is 0 Å². The van der Waals surface area contributed by atoms with Gasteiger partial charge >= 0.3 is 17.6 Å². The third kappa shape index (κ3) is 13.6. The first-order valence-electron chi connectivity index (χ1n) is 19.2. The summed E-state index contributed by atoms with van der Waals surface area (Å²) in [4.78, 5) is 39.2. The molecule has 1 heterocycles. The number of ether oxygens (including phenoxy) is 9. The first-order chi connectivity index (χ1) is 28.2. The molecule has 0 aliphatic heterocycles. The van der Waals surface area contributed by atoms with Crippen LogP contribution in [0.5, 0.6) is 40.2 Å². The van der Waals surface area contributed by atoms with Gasteiger partial charge in [-0.1, -0.05) is 19.3 Å². The highest BCUT2D eigenvalue weighted by Crippen LogP contribution is 2.39. The molecule has 0 aliphatic rings. The minimum Gasteiger partial charge on any atom is -0.493 e. The molecular formula is C44H55NO13. The number of fused-ring (bicyclic) bond motifs is 1. The number of carbonyl (C=O) groups excluding carboxylic acids is 2. The Labute approximate surface area is 339 Å². The topological polar surface area (TPSA) is 151 Å². The van der Waals surface area contributed by atoms with Gasteiger partial charge < -0.3 is 51.9 Å². The highest BCUT2D eigenvalue weighted by Gasteiger charge is 2.18. The number of nitrogens with zero attached hydrogens (tertiary/aromatic N) is 1. The van der Waals surface area contributed by atoms with E-state index in [0.717, 1.165) is 63.5 Å². The molecule has 0 saturated heterocycles. The molecule has 0 atom stereocenters. The number of hydrogen-bond donors (Lipinski definition) is 0. The van der Waals surface area contributed by atoms with E-state index in [1.165, 1.54) is 54.8 Å². The summed E-state index contributed by atoms with van der Waals surface area (Å²) in [6, 6.07) is 15.2. The quantitative estimate of drug-likeness (QED) is 0.0269. The maximum absolute atomic E-state index is 12.9. The zero-order valence-corrected chi connectivity index (χ0v) is 34.3. The summed E-state index contributed by atoms with van der Waals surface area (Å²) in [6.45, 7) is 3.42. The van der Waals surface area contributed by atoms with Gasteiger partial charge in [0.05, 0.1) is 68.0 Å². The van der Waals surface area contributed by atoms with Crippen LogP contribution in [-0.4, -0.2) is 99.0 Å². The maximum atomic E-state index is 12.9. The molecular weight excluding hydrogens is 750 g/mol. The number of esters is 2. The Balaban J connectivity index is 1.20. The van der Waals surface area contributed by atoms with Crippen molar-refractivity contribution >= 4 is 29.0 Å². The van der Waals surface area contributed by atoms with E-state index in [1.807, 2.05) is 12.1 Å². The lowest BCUT2D eigenvalue weighted by molar-refractivity contribution is -0.137. The van der Waals surface area contributed by atoms with E-state index in [0.29, 0.717) is 76.6 Å². The summed E-state index contributed by atoms with van der Waals surface area (Å²) in [5.41, 5.74) is 1.09. The van der Waals surface area contributed by atoms with Gasteiger partial charge in [0, 0.05) is 36.7 Å². The Morgan fingerprint density at radius 3 is 1.79 bits per heavy atom. The fourth-order valence-electron chi connectivity index (χ4n) is 6.23. The van der Waals surface area contributed by atoms with Gasteiger partial charge in [-0.15, -0.1) is 0 Å². The van der Waals surface area contributed by atoms with Crippen molar-refractivity contribution in [1.29, 1.82) is 0 Å². The van der Waals surface area contributed by atoms with Crippen molar-refractivity contribution in [3.8, 4) is 40.2 Å². The van der Waals surface area contributed by atoms with Crippen molar-refractivity contribution < 1.29 is 56.6 Å². The first-order valence-corrected chi connectivity index (χ1v) is 19.2. The lowest BCUT2D eigenvalue weighted by Gasteiger charge is -2.22. The number of carbonyl (C=O) groups is 2. The molecule has 3 aromatic carbocycles. The van der Waals surface area contributed by atoms with Crippen molar-refractivity contribution in [1.82, 2.24) is 4.90 Å². The Morgan fingerprint density at radius 2 is 1.16 bits per heavy atom. The predicted molar refractivity (Wildman–Crippen MR) is 219 cm³/mol. The molecule has 0 fully saturated rings. The van der Waals surface area contributed by atoms with E-state index in [9.17, 15) is 14.4 Å². The van der Waals surface area contributed by atoms with Gasteiger partial charge in [0.15, 0.2) is 23.0 Å². The summed E-state index contributed by atoms with van der Waals surface area (Å²) in [5.74, 6) is 2.35. The van der Waals surface area contributed by atoms with Crippen LogP contribution in [0.15, 0.2) is 69.9 Å². The van der Waals surface area contributed by atoms with Gasteiger partial charge in [0.1, 0.15) is 11.3 Å². The molecule has 1 aromatic heterocycles. The number of methoxy groups -OCH3 is 6. The number of rotatable bonds is 26.